The largest absolute Gasteiger partial charge is 0.388 e. The molecule has 1 N–H and O–H groups in total. The van der Waals surface area contributed by atoms with Crippen LogP contribution in [0.25, 0.3) is 0 Å². The SMILES string of the molecule is C=C1CCNC(C(CC)CCC)=C1C1CCC1. The van der Waals surface area contributed by atoms with E-state index in [0.29, 0.717) is 0 Å². The molecule has 1 saturated carbocycles. The molecular weight excluding hydrogens is 206 g/mol. The van der Waals surface area contributed by atoms with Gasteiger partial charge in [-0.2, -0.15) is 0 Å². The maximum absolute atomic E-state index is 4.33. The summed E-state index contributed by atoms with van der Waals surface area (Å²) >= 11 is 0. The first-order valence-corrected chi connectivity index (χ1v) is 7.44. The van der Waals surface area contributed by atoms with Crippen LogP contribution in [0.1, 0.15) is 58.8 Å². The second-order valence-electron chi connectivity index (χ2n) is 5.63. The van der Waals surface area contributed by atoms with Crippen LogP contribution in [0, 0.1) is 11.8 Å². The molecule has 2 rings (SSSR count). The summed E-state index contributed by atoms with van der Waals surface area (Å²) in [7, 11) is 0. The lowest BCUT2D eigenvalue weighted by Gasteiger charge is -2.37. The molecule has 0 spiro atoms. The summed E-state index contributed by atoms with van der Waals surface area (Å²) in [4.78, 5) is 0. The van der Waals surface area contributed by atoms with Crippen LogP contribution in [0.15, 0.2) is 23.4 Å². The van der Waals surface area contributed by atoms with Crippen LogP contribution in [0.3, 0.4) is 0 Å². The molecule has 1 unspecified atom stereocenters. The predicted octanol–water partition coefficient (Wildman–Crippen LogP) is 4.42. The lowest BCUT2D eigenvalue weighted by Crippen LogP contribution is -2.32. The van der Waals surface area contributed by atoms with Crippen LogP contribution in [-0.4, -0.2) is 6.54 Å². The fourth-order valence-corrected chi connectivity index (χ4v) is 3.24. The summed E-state index contributed by atoms with van der Waals surface area (Å²) in [6, 6.07) is 0. The molecule has 0 radical (unpaired) electrons. The van der Waals surface area contributed by atoms with Crippen LogP contribution in [0.4, 0.5) is 0 Å². The smallest absolute Gasteiger partial charge is 0.0184 e. The fourth-order valence-electron chi connectivity index (χ4n) is 3.24. The van der Waals surface area contributed by atoms with Gasteiger partial charge in [-0.25, -0.2) is 0 Å². The molecule has 17 heavy (non-hydrogen) atoms. The number of hydrogen-bond acceptors (Lipinski definition) is 1. The third kappa shape index (κ3) is 2.59. The molecule has 1 heterocycles. The molecule has 1 fully saturated rings. The van der Waals surface area contributed by atoms with E-state index in [2.05, 4.69) is 25.7 Å². The first-order valence-electron chi connectivity index (χ1n) is 7.44. The van der Waals surface area contributed by atoms with E-state index in [9.17, 15) is 0 Å². The van der Waals surface area contributed by atoms with Crippen LogP contribution in [0.2, 0.25) is 0 Å². The van der Waals surface area contributed by atoms with Gasteiger partial charge in [0.2, 0.25) is 0 Å². The second-order valence-corrected chi connectivity index (χ2v) is 5.63. The lowest BCUT2D eigenvalue weighted by molar-refractivity contribution is 0.352. The monoisotopic (exact) mass is 233 g/mol. The highest BCUT2D eigenvalue weighted by atomic mass is 14.9. The van der Waals surface area contributed by atoms with E-state index < -0.39 is 0 Å². The molecule has 0 aromatic heterocycles. The topological polar surface area (TPSA) is 12.0 Å². The molecule has 1 aliphatic heterocycles. The van der Waals surface area contributed by atoms with Gasteiger partial charge in [0.15, 0.2) is 0 Å². The van der Waals surface area contributed by atoms with E-state index >= 15 is 0 Å². The number of rotatable bonds is 5. The molecule has 2 aliphatic rings. The predicted molar refractivity (Wildman–Crippen MR) is 74.8 cm³/mol. The van der Waals surface area contributed by atoms with Crippen molar-refractivity contribution in [2.24, 2.45) is 11.8 Å². The summed E-state index contributed by atoms with van der Waals surface area (Å²) in [6.07, 6.45) is 9.22. The van der Waals surface area contributed by atoms with E-state index in [-0.39, 0.29) is 0 Å². The van der Waals surface area contributed by atoms with Gasteiger partial charge in [0.25, 0.3) is 0 Å². The van der Waals surface area contributed by atoms with Gasteiger partial charge >= 0.3 is 0 Å². The van der Waals surface area contributed by atoms with Crippen molar-refractivity contribution in [2.75, 3.05) is 6.54 Å². The van der Waals surface area contributed by atoms with E-state index in [0.717, 1.165) is 24.8 Å². The number of allylic oxidation sites excluding steroid dienone is 2. The van der Waals surface area contributed by atoms with Crippen molar-refractivity contribution >= 4 is 0 Å². The zero-order valence-electron chi connectivity index (χ0n) is 11.5. The molecule has 96 valence electrons. The highest BCUT2D eigenvalue weighted by Gasteiger charge is 2.30. The standard InChI is InChI=1S/C16H27N/c1-4-7-13(5-2)16-15(14-8-6-9-14)12(3)10-11-17-16/h13-14,17H,3-11H2,1-2H3. The summed E-state index contributed by atoms with van der Waals surface area (Å²) in [6.45, 7) is 10.0. The first kappa shape index (κ1) is 12.7. The molecular formula is C16H27N. The molecule has 1 heteroatoms. The minimum absolute atomic E-state index is 0.743. The maximum atomic E-state index is 4.33. The highest BCUT2D eigenvalue weighted by Crippen LogP contribution is 2.42. The van der Waals surface area contributed by atoms with Crippen molar-refractivity contribution in [3.8, 4) is 0 Å². The zero-order chi connectivity index (χ0) is 12.3. The van der Waals surface area contributed by atoms with Crippen molar-refractivity contribution in [1.82, 2.24) is 5.32 Å². The molecule has 1 atom stereocenters. The van der Waals surface area contributed by atoms with Crippen LogP contribution in [0.5, 0.6) is 0 Å². The van der Waals surface area contributed by atoms with Gasteiger partial charge in [-0.15, -0.1) is 0 Å². The van der Waals surface area contributed by atoms with Crippen molar-refractivity contribution in [3.05, 3.63) is 23.4 Å². The van der Waals surface area contributed by atoms with Crippen molar-refractivity contribution in [2.45, 2.75) is 58.8 Å². The van der Waals surface area contributed by atoms with Gasteiger partial charge < -0.3 is 5.32 Å². The average molecular weight is 233 g/mol. The molecule has 0 aromatic carbocycles. The average Bonchev–Trinajstić information content (AvgIpc) is 2.26. The van der Waals surface area contributed by atoms with Crippen LogP contribution >= 0.6 is 0 Å². The Bertz CT molecular complexity index is 309. The minimum Gasteiger partial charge on any atom is -0.388 e. The van der Waals surface area contributed by atoms with E-state index in [1.807, 2.05) is 0 Å². The lowest BCUT2D eigenvalue weighted by atomic mass is 9.72. The van der Waals surface area contributed by atoms with Gasteiger partial charge in [0.05, 0.1) is 0 Å². The van der Waals surface area contributed by atoms with Gasteiger partial charge in [0.1, 0.15) is 0 Å². The van der Waals surface area contributed by atoms with Gasteiger partial charge in [0, 0.05) is 12.2 Å². The Balaban J connectivity index is 2.25. The Kier molecular flexibility index (Phi) is 4.31. The Morgan fingerprint density at radius 2 is 2.12 bits per heavy atom. The summed E-state index contributed by atoms with van der Waals surface area (Å²) < 4.78 is 0. The Labute approximate surface area is 106 Å². The van der Waals surface area contributed by atoms with Crippen LogP contribution < -0.4 is 5.32 Å². The normalized spacial score (nSPS) is 23.3. The number of nitrogens with one attached hydrogen (secondary N) is 1. The second kappa shape index (κ2) is 5.75. The molecule has 1 aliphatic carbocycles. The van der Waals surface area contributed by atoms with Gasteiger partial charge in [-0.3, -0.25) is 0 Å². The fraction of sp³-hybridized carbons (Fsp3) is 0.750. The highest BCUT2D eigenvalue weighted by molar-refractivity contribution is 5.39. The Hall–Kier alpha value is -0.720. The Morgan fingerprint density at radius 1 is 1.35 bits per heavy atom. The van der Waals surface area contributed by atoms with E-state index in [1.54, 1.807) is 11.3 Å². The molecule has 0 bridgehead atoms. The third-order valence-electron chi connectivity index (χ3n) is 4.46. The van der Waals surface area contributed by atoms with Crippen molar-refractivity contribution in [1.29, 1.82) is 0 Å². The van der Waals surface area contributed by atoms with Crippen molar-refractivity contribution < 1.29 is 0 Å². The van der Waals surface area contributed by atoms with Gasteiger partial charge in [-0.1, -0.05) is 33.3 Å². The molecule has 0 saturated heterocycles. The van der Waals surface area contributed by atoms with Crippen molar-refractivity contribution in [3.63, 3.8) is 0 Å². The minimum atomic E-state index is 0.743. The van der Waals surface area contributed by atoms with E-state index in [1.165, 1.54) is 44.1 Å². The summed E-state index contributed by atoms with van der Waals surface area (Å²) in [5.74, 6) is 1.57. The molecule has 1 nitrogen and oxygen atoms in total. The summed E-state index contributed by atoms with van der Waals surface area (Å²) in [5.41, 5.74) is 4.62. The van der Waals surface area contributed by atoms with E-state index in [4.69, 9.17) is 0 Å². The first-order chi connectivity index (χ1) is 8.27. The third-order valence-corrected chi connectivity index (χ3v) is 4.46. The quantitative estimate of drug-likeness (QED) is 0.741. The Morgan fingerprint density at radius 3 is 2.65 bits per heavy atom. The maximum Gasteiger partial charge on any atom is 0.0184 e. The molecule has 0 amide bonds. The number of hydrogen-bond donors (Lipinski definition) is 1. The zero-order valence-corrected chi connectivity index (χ0v) is 11.5. The van der Waals surface area contributed by atoms with Gasteiger partial charge in [-0.05, 0) is 55.1 Å². The molecule has 0 aromatic rings. The van der Waals surface area contributed by atoms with Crippen LogP contribution in [-0.2, 0) is 0 Å². The summed E-state index contributed by atoms with van der Waals surface area (Å²) in [5, 5.41) is 3.70.